The Labute approximate surface area is 192 Å². The summed E-state index contributed by atoms with van der Waals surface area (Å²) < 4.78 is 19.9. The molecule has 0 spiro atoms. The quantitative estimate of drug-likeness (QED) is 0.272. The summed E-state index contributed by atoms with van der Waals surface area (Å²) in [7, 11) is 0. The number of hydrogen-bond acceptors (Lipinski definition) is 8. The average Bonchev–Trinajstić information content (AvgIpc) is 2.70. The maximum absolute atomic E-state index is 14.6. The minimum atomic E-state index is -0.844. The highest BCUT2D eigenvalue weighted by Crippen LogP contribution is 2.29. The van der Waals surface area contributed by atoms with Crippen LogP contribution in [0.5, 0.6) is 0 Å². The number of halogens is 2. The van der Waals surface area contributed by atoms with Crippen LogP contribution >= 0.6 is 23.4 Å². The number of anilines is 2. The van der Waals surface area contributed by atoms with Crippen molar-refractivity contribution in [3.05, 3.63) is 45.2 Å². The molecule has 3 N–H and O–H groups in total. The Morgan fingerprint density at radius 2 is 2.03 bits per heavy atom. The predicted octanol–water partition coefficient (Wildman–Crippen LogP) is 4.75. The molecule has 1 unspecified atom stereocenters. The molecule has 0 bridgehead atoms. The van der Waals surface area contributed by atoms with Gasteiger partial charge in [-0.15, -0.1) is 0 Å². The van der Waals surface area contributed by atoms with Crippen LogP contribution in [0.2, 0.25) is 5.15 Å². The number of thioether (sulfide) groups is 1. The van der Waals surface area contributed by atoms with Gasteiger partial charge in [0.25, 0.3) is 5.56 Å². The maximum atomic E-state index is 14.6. The number of H-pyrrole nitrogens is 1. The molecule has 1 amide bonds. The van der Waals surface area contributed by atoms with Gasteiger partial charge in [-0.1, -0.05) is 29.4 Å². The molecule has 0 aliphatic carbocycles. The lowest BCUT2D eigenvalue weighted by atomic mass is 10.1. The number of ether oxygens (including phenoxy) is 1. The summed E-state index contributed by atoms with van der Waals surface area (Å²) in [5.74, 6) is -0.451. The number of hydrogen-bond donors (Lipinski definition) is 3. The molecule has 3 rings (SSSR count). The lowest BCUT2D eigenvalue weighted by molar-refractivity contribution is 0.0635. The van der Waals surface area contributed by atoms with E-state index in [4.69, 9.17) is 16.3 Å². The first-order valence-electron chi connectivity index (χ1n) is 9.54. The molecule has 12 heteroatoms. The van der Waals surface area contributed by atoms with E-state index in [1.54, 1.807) is 46.1 Å². The number of carbonyl (C=O) groups is 1. The van der Waals surface area contributed by atoms with Gasteiger partial charge in [-0.25, -0.2) is 24.1 Å². The zero-order chi connectivity index (χ0) is 23.6. The number of carbonyl (C=O) groups excluding carboxylic acids is 1. The van der Waals surface area contributed by atoms with Crippen molar-refractivity contribution in [3.8, 4) is 0 Å². The van der Waals surface area contributed by atoms with E-state index in [0.717, 1.165) is 0 Å². The first kappa shape index (κ1) is 23.7. The number of amides is 1. The molecule has 0 aromatic carbocycles. The number of aromatic nitrogens is 4. The fourth-order valence-electron chi connectivity index (χ4n) is 2.89. The van der Waals surface area contributed by atoms with Crippen LogP contribution in [0.3, 0.4) is 0 Å². The van der Waals surface area contributed by atoms with Crippen LogP contribution in [0.15, 0.2) is 28.3 Å². The minimum absolute atomic E-state index is 0.0675. The van der Waals surface area contributed by atoms with Gasteiger partial charge in [0.2, 0.25) is 0 Å². The van der Waals surface area contributed by atoms with Gasteiger partial charge in [-0.05, 0) is 40.0 Å². The third kappa shape index (κ3) is 5.28. The third-order valence-corrected chi connectivity index (χ3v) is 5.01. The first-order chi connectivity index (χ1) is 15.0. The fourth-order valence-corrected chi connectivity index (χ4v) is 3.43. The second kappa shape index (κ2) is 9.29. The van der Waals surface area contributed by atoms with Gasteiger partial charge in [0, 0.05) is 11.8 Å². The van der Waals surface area contributed by atoms with Crippen LogP contribution in [0.25, 0.3) is 10.9 Å². The smallest absolute Gasteiger partial charge is 0.413 e. The molecule has 9 nitrogen and oxygen atoms in total. The summed E-state index contributed by atoms with van der Waals surface area (Å²) in [5.41, 5.74) is -0.900. The summed E-state index contributed by atoms with van der Waals surface area (Å²) in [6.45, 7) is 7.04. The summed E-state index contributed by atoms with van der Waals surface area (Å²) >= 11 is 6.97. The Hall–Kier alpha value is -2.92. The first-order valence-corrected chi connectivity index (χ1v) is 11.1. The summed E-state index contributed by atoms with van der Waals surface area (Å²) in [6, 6.07) is 2.96. The average molecular weight is 481 g/mol. The highest BCUT2D eigenvalue weighted by atomic mass is 35.5. The Morgan fingerprint density at radius 1 is 1.31 bits per heavy atom. The number of rotatable bonds is 5. The zero-order valence-electron chi connectivity index (χ0n) is 18.0. The van der Waals surface area contributed by atoms with Crippen molar-refractivity contribution in [2.75, 3.05) is 16.9 Å². The van der Waals surface area contributed by atoms with Crippen LogP contribution in [-0.2, 0) is 4.74 Å². The monoisotopic (exact) mass is 480 g/mol. The lowest BCUT2D eigenvalue weighted by Gasteiger charge is -2.22. The number of aromatic amines is 1. The SMILES string of the molecule is CSc1nc(NC(C)c2cccnc2NC(=O)OC(C)(C)C)c2c(=O)[nH]c(Cl)c(F)c2n1. The van der Waals surface area contributed by atoms with Gasteiger partial charge >= 0.3 is 6.09 Å². The van der Waals surface area contributed by atoms with Crippen LogP contribution in [0, 0.1) is 5.82 Å². The normalized spacial score (nSPS) is 12.5. The molecule has 3 aromatic rings. The van der Waals surface area contributed by atoms with E-state index >= 15 is 0 Å². The van der Waals surface area contributed by atoms with E-state index in [9.17, 15) is 14.0 Å². The molecule has 0 radical (unpaired) electrons. The second-order valence-corrected chi connectivity index (χ2v) is 8.95. The molecule has 32 heavy (non-hydrogen) atoms. The van der Waals surface area contributed by atoms with E-state index in [1.807, 2.05) is 0 Å². The molecule has 0 fully saturated rings. The van der Waals surface area contributed by atoms with Crippen LogP contribution < -0.4 is 16.2 Å². The Bertz CT molecular complexity index is 1230. The molecular weight excluding hydrogens is 459 g/mol. The third-order valence-electron chi connectivity index (χ3n) is 4.20. The van der Waals surface area contributed by atoms with Crippen LogP contribution in [-0.4, -0.2) is 37.9 Å². The van der Waals surface area contributed by atoms with E-state index in [0.29, 0.717) is 5.56 Å². The van der Waals surface area contributed by atoms with Gasteiger partial charge in [0.05, 0.1) is 6.04 Å². The van der Waals surface area contributed by atoms with Crippen molar-refractivity contribution in [3.63, 3.8) is 0 Å². The van der Waals surface area contributed by atoms with Gasteiger partial charge in [-0.3, -0.25) is 10.1 Å². The van der Waals surface area contributed by atoms with Crippen molar-refractivity contribution >= 4 is 52.0 Å². The van der Waals surface area contributed by atoms with E-state index in [-0.39, 0.29) is 27.7 Å². The molecule has 3 heterocycles. The highest BCUT2D eigenvalue weighted by Gasteiger charge is 2.22. The minimum Gasteiger partial charge on any atom is -0.444 e. The number of pyridine rings is 2. The van der Waals surface area contributed by atoms with Crippen LogP contribution in [0.1, 0.15) is 39.3 Å². The molecule has 0 saturated carbocycles. The standard InChI is InChI=1S/C20H22ClFN6O3S/c1-9(10-7-6-8-23-15(10)28-19(30)31-20(2,3)4)24-16-11-13(25-18(27-16)32-5)12(22)14(21)26-17(11)29/h6-9H,1-5H3,(H,26,29)(H,23,28,30)(H,24,25,27). The van der Waals surface area contributed by atoms with Gasteiger partial charge < -0.3 is 15.0 Å². The lowest BCUT2D eigenvalue weighted by Crippen LogP contribution is -2.28. The predicted molar refractivity (Wildman–Crippen MR) is 123 cm³/mol. The second-order valence-electron chi connectivity index (χ2n) is 7.80. The summed E-state index contributed by atoms with van der Waals surface area (Å²) in [4.78, 5) is 39.6. The fraction of sp³-hybridized carbons (Fsp3) is 0.350. The molecular formula is C20H22ClFN6O3S. The van der Waals surface area contributed by atoms with Crippen molar-refractivity contribution in [2.45, 2.75) is 44.5 Å². The topological polar surface area (TPSA) is 122 Å². The Morgan fingerprint density at radius 3 is 2.69 bits per heavy atom. The molecule has 0 saturated heterocycles. The number of nitrogens with zero attached hydrogens (tertiary/aromatic N) is 3. The Balaban J connectivity index is 2.00. The van der Waals surface area contributed by atoms with Crippen molar-refractivity contribution in [1.29, 1.82) is 0 Å². The summed E-state index contributed by atoms with van der Waals surface area (Å²) in [5, 5.41) is 5.49. The Kier molecular flexibility index (Phi) is 6.89. The molecule has 1 atom stereocenters. The van der Waals surface area contributed by atoms with Gasteiger partial charge in [0.1, 0.15) is 33.3 Å². The summed E-state index contributed by atoms with van der Waals surface area (Å²) in [6.07, 6.45) is 2.59. The van der Waals surface area contributed by atoms with Gasteiger partial charge in [-0.2, -0.15) is 0 Å². The van der Waals surface area contributed by atoms with E-state index in [2.05, 4.69) is 30.6 Å². The van der Waals surface area contributed by atoms with Gasteiger partial charge in [0.15, 0.2) is 11.0 Å². The van der Waals surface area contributed by atoms with Crippen molar-refractivity contribution in [1.82, 2.24) is 19.9 Å². The van der Waals surface area contributed by atoms with E-state index < -0.39 is 34.3 Å². The number of fused-ring (bicyclic) bond motifs is 1. The molecule has 0 aliphatic heterocycles. The number of nitrogens with one attached hydrogen (secondary N) is 3. The van der Waals surface area contributed by atoms with Crippen LogP contribution in [0.4, 0.5) is 20.8 Å². The molecule has 170 valence electrons. The molecule has 3 aromatic heterocycles. The molecule has 0 aliphatic rings. The van der Waals surface area contributed by atoms with Crippen molar-refractivity contribution < 1.29 is 13.9 Å². The largest absolute Gasteiger partial charge is 0.444 e. The maximum Gasteiger partial charge on any atom is 0.413 e. The van der Waals surface area contributed by atoms with E-state index in [1.165, 1.54) is 18.0 Å². The van der Waals surface area contributed by atoms with Crippen molar-refractivity contribution in [2.24, 2.45) is 0 Å². The highest BCUT2D eigenvalue weighted by molar-refractivity contribution is 7.98. The zero-order valence-corrected chi connectivity index (χ0v) is 19.6.